The molecule has 1 aliphatic heterocycles. The van der Waals surface area contributed by atoms with Crippen molar-refractivity contribution in [3.63, 3.8) is 0 Å². The number of hydrogen-bond donors (Lipinski definition) is 2. The zero-order valence-corrected chi connectivity index (χ0v) is 12.7. The summed E-state index contributed by atoms with van der Waals surface area (Å²) in [6.07, 6.45) is 0. The monoisotopic (exact) mass is 327 g/mol. The summed E-state index contributed by atoms with van der Waals surface area (Å²) in [5.41, 5.74) is 6.45. The first-order valence-corrected chi connectivity index (χ1v) is 7.23. The summed E-state index contributed by atoms with van der Waals surface area (Å²) in [4.78, 5) is 38.0. The lowest BCUT2D eigenvalue weighted by Crippen LogP contribution is -2.45. The molecule has 0 aromatic heterocycles. The molecule has 1 unspecified atom stereocenters. The summed E-state index contributed by atoms with van der Waals surface area (Å²) in [7, 11) is 0. The third kappa shape index (κ3) is 2.50. The smallest absolute Gasteiger partial charge is 0.262 e. The molecule has 0 spiro atoms. The molecular weight excluding hydrogens is 313 g/mol. The number of nitrogens with one attached hydrogen (secondary N) is 1. The fraction of sp³-hybridized carbons (Fsp3) is 0.118. The number of nitrogens with zero attached hydrogens (tertiary/aromatic N) is 1. The van der Waals surface area contributed by atoms with Gasteiger partial charge in [-0.1, -0.05) is 12.1 Å². The Kier molecular flexibility index (Phi) is 3.76. The Morgan fingerprint density at radius 2 is 1.71 bits per heavy atom. The number of rotatable bonds is 3. The van der Waals surface area contributed by atoms with Crippen LogP contribution in [0.3, 0.4) is 0 Å². The zero-order valence-electron chi connectivity index (χ0n) is 12.7. The average Bonchev–Trinajstić information content (AvgIpc) is 2.81. The van der Waals surface area contributed by atoms with Crippen LogP contribution in [-0.4, -0.2) is 28.7 Å². The molecule has 2 aromatic rings. The van der Waals surface area contributed by atoms with E-state index in [1.54, 1.807) is 12.1 Å². The van der Waals surface area contributed by atoms with Crippen LogP contribution in [0.2, 0.25) is 0 Å². The van der Waals surface area contributed by atoms with Gasteiger partial charge in [0.25, 0.3) is 11.8 Å². The van der Waals surface area contributed by atoms with Crippen LogP contribution in [0.1, 0.15) is 27.6 Å². The van der Waals surface area contributed by atoms with E-state index < -0.39 is 29.6 Å². The zero-order chi connectivity index (χ0) is 17.4. The minimum absolute atomic E-state index is 0.0536. The van der Waals surface area contributed by atoms with Gasteiger partial charge in [-0.2, -0.15) is 0 Å². The Morgan fingerprint density at radius 3 is 2.25 bits per heavy atom. The molecule has 2 aromatic carbocycles. The Morgan fingerprint density at radius 1 is 1.12 bits per heavy atom. The van der Waals surface area contributed by atoms with Crippen LogP contribution in [0.15, 0.2) is 42.5 Å². The Balaban J connectivity index is 1.82. The lowest BCUT2D eigenvalue weighted by atomic mass is 10.1. The SMILES string of the molecule is CC(C(=O)Nc1ccc(F)cc1N)N1C(=O)c2ccccc2C1=O. The number of nitrogens with two attached hydrogens (primary N) is 1. The van der Waals surface area contributed by atoms with Crippen molar-refractivity contribution in [2.45, 2.75) is 13.0 Å². The van der Waals surface area contributed by atoms with Gasteiger partial charge < -0.3 is 11.1 Å². The first kappa shape index (κ1) is 15.7. The van der Waals surface area contributed by atoms with Crippen LogP contribution >= 0.6 is 0 Å². The van der Waals surface area contributed by atoms with Gasteiger partial charge in [-0.15, -0.1) is 0 Å². The van der Waals surface area contributed by atoms with Gasteiger partial charge >= 0.3 is 0 Å². The van der Waals surface area contributed by atoms with E-state index in [1.165, 1.54) is 25.1 Å². The molecule has 3 N–H and O–H groups in total. The number of hydrogen-bond acceptors (Lipinski definition) is 4. The molecule has 0 saturated heterocycles. The van der Waals surface area contributed by atoms with Crippen LogP contribution in [0.25, 0.3) is 0 Å². The maximum atomic E-state index is 13.1. The third-order valence-electron chi connectivity index (χ3n) is 3.86. The third-order valence-corrected chi connectivity index (χ3v) is 3.86. The lowest BCUT2D eigenvalue weighted by molar-refractivity contribution is -0.119. The van der Waals surface area contributed by atoms with Gasteiger partial charge in [0.1, 0.15) is 11.9 Å². The summed E-state index contributed by atoms with van der Waals surface area (Å²) in [6, 6.07) is 8.88. The highest BCUT2D eigenvalue weighted by atomic mass is 19.1. The summed E-state index contributed by atoms with van der Waals surface area (Å²) < 4.78 is 13.1. The van der Waals surface area contributed by atoms with Gasteiger partial charge in [-0.05, 0) is 37.3 Å². The fourth-order valence-electron chi connectivity index (χ4n) is 2.56. The number of nitrogen functional groups attached to an aromatic ring is 1. The van der Waals surface area contributed by atoms with E-state index in [0.29, 0.717) is 0 Å². The van der Waals surface area contributed by atoms with Crippen LogP contribution in [0.4, 0.5) is 15.8 Å². The van der Waals surface area contributed by atoms with Gasteiger partial charge in [0.2, 0.25) is 5.91 Å². The van der Waals surface area contributed by atoms with Crippen LogP contribution < -0.4 is 11.1 Å². The van der Waals surface area contributed by atoms with E-state index >= 15 is 0 Å². The summed E-state index contributed by atoms with van der Waals surface area (Å²) >= 11 is 0. The number of amides is 3. The van der Waals surface area contributed by atoms with E-state index in [1.807, 2.05) is 0 Å². The minimum Gasteiger partial charge on any atom is -0.397 e. The van der Waals surface area contributed by atoms with Crippen molar-refractivity contribution in [3.05, 3.63) is 59.4 Å². The first-order valence-electron chi connectivity index (χ1n) is 7.23. The quantitative estimate of drug-likeness (QED) is 0.666. The van der Waals surface area contributed by atoms with Crippen LogP contribution in [0.5, 0.6) is 0 Å². The Bertz CT molecular complexity index is 831. The number of benzene rings is 2. The van der Waals surface area contributed by atoms with Gasteiger partial charge in [-0.3, -0.25) is 19.3 Å². The van der Waals surface area contributed by atoms with Crippen molar-refractivity contribution in [1.82, 2.24) is 4.90 Å². The van der Waals surface area contributed by atoms with E-state index in [9.17, 15) is 18.8 Å². The normalized spacial score (nSPS) is 14.5. The van der Waals surface area contributed by atoms with Gasteiger partial charge in [0.15, 0.2) is 0 Å². The molecule has 1 aliphatic rings. The van der Waals surface area contributed by atoms with Crippen molar-refractivity contribution < 1.29 is 18.8 Å². The summed E-state index contributed by atoms with van der Waals surface area (Å²) in [5.74, 6) is -2.17. The largest absolute Gasteiger partial charge is 0.397 e. The maximum Gasteiger partial charge on any atom is 0.262 e. The summed E-state index contributed by atoms with van der Waals surface area (Å²) in [5, 5.41) is 2.51. The van der Waals surface area contributed by atoms with Crippen LogP contribution in [0, 0.1) is 5.82 Å². The second-order valence-electron chi connectivity index (χ2n) is 5.42. The van der Waals surface area contributed by atoms with E-state index in [-0.39, 0.29) is 22.5 Å². The topological polar surface area (TPSA) is 92.5 Å². The number of anilines is 2. The summed E-state index contributed by atoms with van der Waals surface area (Å²) in [6.45, 7) is 1.44. The van der Waals surface area contributed by atoms with Gasteiger partial charge in [0.05, 0.1) is 22.5 Å². The lowest BCUT2D eigenvalue weighted by Gasteiger charge is -2.22. The predicted molar refractivity (Wildman–Crippen MR) is 85.8 cm³/mol. The average molecular weight is 327 g/mol. The number of halogens is 1. The molecule has 0 radical (unpaired) electrons. The number of fused-ring (bicyclic) bond motifs is 1. The molecule has 3 rings (SSSR count). The molecule has 122 valence electrons. The number of imide groups is 1. The first-order chi connectivity index (χ1) is 11.4. The van der Waals surface area contributed by atoms with Crippen molar-refractivity contribution in [2.75, 3.05) is 11.1 Å². The Hall–Kier alpha value is -3.22. The number of carbonyl (C=O) groups is 3. The van der Waals surface area contributed by atoms with Crippen LogP contribution in [-0.2, 0) is 4.79 Å². The van der Waals surface area contributed by atoms with Gasteiger partial charge in [0, 0.05) is 0 Å². The van der Waals surface area contributed by atoms with E-state index in [2.05, 4.69) is 5.32 Å². The van der Waals surface area contributed by atoms with Crippen molar-refractivity contribution >= 4 is 29.1 Å². The number of carbonyl (C=O) groups excluding carboxylic acids is 3. The second kappa shape index (κ2) is 5.77. The predicted octanol–water partition coefficient (Wildman–Crippen LogP) is 2.03. The molecule has 0 fully saturated rings. The molecule has 3 amide bonds. The van der Waals surface area contributed by atoms with Crippen molar-refractivity contribution in [1.29, 1.82) is 0 Å². The molecular formula is C17H14FN3O3. The standard InChI is InChI=1S/C17H14FN3O3/c1-9(15(22)20-14-7-6-10(18)8-13(14)19)21-16(23)11-4-2-3-5-12(11)17(21)24/h2-9H,19H2,1H3,(H,20,22). The van der Waals surface area contributed by atoms with Gasteiger partial charge in [-0.25, -0.2) is 4.39 Å². The van der Waals surface area contributed by atoms with Crippen molar-refractivity contribution in [2.24, 2.45) is 0 Å². The highest BCUT2D eigenvalue weighted by molar-refractivity contribution is 6.23. The minimum atomic E-state index is -1.04. The molecule has 1 heterocycles. The fourth-order valence-corrected chi connectivity index (χ4v) is 2.56. The molecule has 0 aliphatic carbocycles. The second-order valence-corrected chi connectivity index (χ2v) is 5.42. The molecule has 7 heteroatoms. The Labute approximate surface area is 137 Å². The molecule has 24 heavy (non-hydrogen) atoms. The van der Waals surface area contributed by atoms with E-state index in [0.717, 1.165) is 17.0 Å². The molecule has 0 bridgehead atoms. The highest BCUT2D eigenvalue weighted by Crippen LogP contribution is 2.25. The molecule has 0 saturated carbocycles. The maximum absolute atomic E-state index is 13.1. The highest BCUT2D eigenvalue weighted by Gasteiger charge is 2.40. The van der Waals surface area contributed by atoms with E-state index in [4.69, 9.17) is 5.73 Å². The molecule has 1 atom stereocenters. The van der Waals surface area contributed by atoms with Crippen molar-refractivity contribution in [3.8, 4) is 0 Å². The molecule has 6 nitrogen and oxygen atoms in total.